The summed E-state index contributed by atoms with van der Waals surface area (Å²) in [6.45, 7) is 1.37. The molecule has 9 heteroatoms. The van der Waals surface area contributed by atoms with Gasteiger partial charge in [-0.25, -0.2) is 9.97 Å². The van der Waals surface area contributed by atoms with E-state index < -0.39 is 0 Å². The van der Waals surface area contributed by atoms with E-state index in [9.17, 15) is 4.79 Å². The third-order valence-corrected chi connectivity index (χ3v) is 6.18. The number of fused-ring (bicyclic) bond motifs is 1. The van der Waals surface area contributed by atoms with E-state index in [-0.39, 0.29) is 18.3 Å². The van der Waals surface area contributed by atoms with Crippen LogP contribution in [0.1, 0.15) is 16.1 Å². The van der Waals surface area contributed by atoms with Crippen LogP contribution in [0.5, 0.6) is 0 Å². The van der Waals surface area contributed by atoms with Crippen LogP contribution in [0, 0.1) is 0 Å². The molecule has 0 bridgehead atoms. The highest BCUT2D eigenvalue weighted by molar-refractivity contribution is 7.22. The standard InChI is InChI=1S/C18H15ClN4OS2.ClH/c19-16-7-6-15(25-16)17(24)23(10-3-9-22-11-8-20-12-22)18-21-13-4-1-2-5-14(13)26-18;/h1-2,4-8,11-12H,3,9-10H2;1H. The summed E-state index contributed by atoms with van der Waals surface area (Å²) in [4.78, 5) is 24.1. The minimum Gasteiger partial charge on any atom is -0.337 e. The molecule has 0 atom stereocenters. The Bertz CT molecular complexity index is 996. The van der Waals surface area contributed by atoms with Crippen LogP contribution in [0.25, 0.3) is 10.2 Å². The van der Waals surface area contributed by atoms with Crippen LogP contribution in [0.2, 0.25) is 4.34 Å². The molecule has 4 rings (SSSR count). The molecule has 1 amide bonds. The molecule has 0 spiro atoms. The van der Waals surface area contributed by atoms with Crippen LogP contribution in [0.15, 0.2) is 55.1 Å². The Labute approximate surface area is 175 Å². The number of aryl methyl sites for hydroxylation is 1. The number of benzene rings is 1. The third kappa shape index (κ3) is 4.50. The second-order valence-corrected chi connectivity index (χ2v) is 8.40. The molecule has 0 saturated heterocycles. The second kappa shape index (κ2) is 8.84. The molecule has 0 aliphatic rings. The van der Waals surface area contributed by atoms with Crippen molar-refractivity contribution in [1.82, 2.24) is 14.5 Å². The van der Waals surface area contributed by atoms with Crippen LogP contribution in [-0.4, -0.2) is 27.0 Å². The predicted octanol–water partition coefficient (Wildman–Crippen LogP) is 5.37. The number of hydrogen-bond acceptors (Lipinski definition) is 5. The number of thiazole rings is 1. The highest BCUT2D eigenvalue weighted by atomic mass is 35.5. The molecule has 0 unspecified atom stereocenters. The topological polar surface area (TPSA) is 51.0 Å². The van der Waals surface area contributed by atoms with Crippen molar-refractivity contribution in [1.29, 1.82) is 0 Å². The summed E-state index contributed by atoms with van der Waals surface area (Å²) >= 11 is 8.84. The summed E-state index contributed by atoms with van der Waals surface area (Å²) in [5.74, 6) is -0.0633. The van der Waals surface area contributed by atoms with Gasteiger partial charge < -0.3 is 4.57 Å². The highest BCUT2D eigenvalue weighted by Gasteiger charge is 2.22. The van der Waals surface area contributed by atoms with Crippen molar-refractivity contribution in [3.8, 4) is 0 Å². The number of para-hydroxylation sites is 1. The summed E-state index contributed by atoms with van der Waals surface area (Å²) < 4.78 is 3.68. The number of hydrogen-bond donors (Lipinski definition) is 0. The normalized spacial score (nSPS) is 10.7. The van der Waals surface area contributed by atoms with Gasteiger partial charge in [0.15, 0.2) is 5.13 Å². The third-order valence-electron chi connectivity index (χ3n) is 3.90. The van der Waals surface area contributed by atoms with Crippen molar-refractivity contribution in [2.75, 3.05) is 11.4 Å². The molecule has 27 heavy (non-hydrogen) atoms. The van der Waals surface area contributed by atoms with Gasteiger partial charge >= 0.3 is 0 Å². The number of amides is 1. The minimum atomic E-state index is -0.0633. The number of imidazole rings is 1. The molecule has 0 aliphatic heterocycles. The molecule has 0 aliphatic carbocycles. The maximum absolute atomic E-state index is 13.1. The van der Waals surface area contributed by atoms with Crippen LogP contribution < -0.4 is 4.90 Å². The Morgan fingerprint density at radius 3 is 2.74 bits per heavy atom. The number of halogens is 2. The van der Waals surface area contributed by atoms with Crippen LogP contribution in [0.3, 0.4) is 0 Å². The lowest BCUT2D eigenvalue weighted by Gasteiger charge is -2.19. The Balaban J connectivity index is 0.00000210. The maximum Gasteiger partial charge on any atom is 0.270 e. The molecule has 0 N–H and O–H groups in total. The highest BCUT2D eigenvalue weighted by Crippen LogP contribution is 2.31. The molecule has 140 valence electrons. The van der Waals surface area contributed by atoms with Crippen molar-refractivity contribution in [3.05, 3.63) is 64.3 Å². The smallest absolute Gasteiger partial charge is 0.270 e. The van der Waals surface area contributed by atoms with E-state index in [1.54, 1.807) is 29.6 Å². The zero-order valence-electron chi connectivity index (χ0n) is 14.1. The van der Waals surface area contributed by atoms with Gasteiger partial charge in [-0.1, -0.05) is 35.1 Å². The largest absolute Gasteiger partial charge is 0.337 e. The fraction of sp³-hybridized carbons (Fsp3) is 0.167. The van der Waals surface area contributed by atoms with Crippen molar-refractivity contribution in [2.45, 2.75) is 13.0 Å². The van der Waals surface area contributed by atoms with Crippen molar-refractivity contribution >= 4 is 67.9 Å². The average Bonchev–Trinajstić information content (AvgIpc) is 3.38. The van der Waals surface area contributed by atoms with Gasteiger partial charge in [0.2, 0.25) is 0 Å². The van der Waals surface area contributed by atoms with Crippen molar-refractivity contribution in [2.24, 2.45) is 0 Å². The Kier molecular flexibility index (Phi) is 6.49. The molecule has 0 radical (unpaired) electrons. The molecule has 3 aromatic heterocycles. The number of carbonyl (C=O) groups excluding carboxylic acids is 1. The fourth-order valence-electron chi connectivity index (χ4n) is 2.65. The van der Waals surface area contributed by atoms with Crippen LogP contribution in [-0.2, 0) is 6.54 Å². The van der Waals surface area contributed by atoms with Crippen molar-refractivity contribution < 1.29 is 4.79 Å². The van der Waals surface area contributed by atoms with Gasteiger partial charge in [-0.05, 0) is 30.7 Å². The number of aromatic nitrogens is 3. The lowest BCUT2D eigenvalue weighted by atomic mass is 10.3. The first-order valence-electron chi connectivity index (χ1n) is 8.09. The minimum absolute atomic E-state index is 0. The van der Waals surface area contributed by atoms with E-state index in [1.807, 2.05) is 35.0 Å². The number of carbonyl (C=O) groups is 1. The monoisotopic (exact) mass is 438 g/mol. The fourth-order valence-corrected chi connectivity index (χ4v) is 4.63. The Hall–Kier alpha value is -1.93. The van der Waals surface area contributed by atoms with E-state index in [2.05, 4.69) is 9.97 Å². The quantitative estimate of drug-likeness (QED) is 0.406. The van der Waals surface area contributed by atoms with Crippen molar-refractivity contribution in [3.63, 3.8) is 0 Å². The SMILES string of the molecule is Cl.O=C(c1ccc(Cl)s1)N(CCCn1ccnc1)c1nc2ccccc2s1. The molecular formula is C18H16Cl2N4OS2. The molecule has 5 nitrogen and oxygen atoms in total. The zero-order chi connectivity index (χ0) is 17.9. The summed E-state index contributed by atoms with van der Waals surface area (Å²) in [5.41, 5.74) is 0.907. The van der Waals surface area contributed by atoms with E-state index in [1.165, 1.54) is 22.7 Å². The van der Waals surface area contributed by atoms with Gasteiger partial charge in [-0.3, -0.25) is 9.69 Å². The van der Waals surface area contributed by atoms with Crippen LogP contribution >= 0.6 is 46.7 Å². The van der Waals surface area contributed by atoms with Crippen LogP contribution in [0.4, 0.5) is 5.13 Å². The van der Waals surface area contributed by atoms with Gasteiger partial charge in [0.1, 0.15) is 0 Å². The van der Waals surface area contributed by atoms with Gasteiger partial charge in [-0.15, -0.1) is 23.7 Å². The number of rotatable bonds is 6. The zero-order valence-corrected chi connectivity index (χ0v) is 17.3. The molecule has 1 aromatic carbocycles. The lowest BCUT2D eigenvalue weighted by molar-refractivity contribution is 0.0990. The van der Waals surface area contributed by atoms with E-state index >= 15 is 0 Å². The first-order valence-corrected chi connectivity index (χ1v) is 10.1. The molecule has 4 aromatic rings. The number of nitrogens with zero attached hydrogens (tertiary/aromatic N) is 4. The maximum atomic E-state index is 13.1. The summed E-state index contributed by atoms with van der Waals surface area (Å²) in [5, 5.41) is 0.714. The second-order valence-electron chi connectivity index (χ2n) is 5.68. The van der Waals surface area contributed by atoms with E-state index in [0.29, 0.717) is 20.9 Å². The summed E-state index contributed by atoms with van der Waals surface area (Å²) in [7, 11) is 0. The average molecular weight is 439 g/mol. The first kappa shape index (κ1) is 19.8. The summed E-state index contributed by atoms with van der Waals surface area (Å²) in [6.07, 6.45) is 6.26. The molecule has 0 saturated carbocycles. The molecule has 0 fully saturated rings. The van der Waals surface area contributed by atoms with E-state index in [4.69, 9.17) is 11.6 Å². The molecule has 3 heterocycles. The van der Waals surface area contributed by atoms with Gasteiger partial charge in [0.25, 0.3) is 5.91 Å². The number of anilines is 1. The van der Waals surface area contributed by atoms with Gasteiger partial charge in [0, 0.05) is 25.5 Å². The predicted molar refractivity (Wildman–Crippen MR) is 115 cm³/mol. The summed E-state index contributed by atoms with van der Waals surface area (Å²) in [6, 6.07) is 11.4. The first-order chi connectivity index (χ1) is 12.7. The molecular weight excluding hydrogens is 423 g/mol. The lowest BCUT2D eigenvalue weighted by Crippen LogP contribution is -2.31. The Morgan fingerprint density at radius 2 is 2.04 bits per heavy atom. The van der Waals surface area contributed by atoms with Gasteiger partial charge in [-0.2, -0.15) is 0 Å². The van der Waals surface area contributed by atoms with Gasteiger partial charge in [0.05, 0.1) is 25.8 Å². The van der Waals surface area contributed by atoms with E-state index in [0.717, 1.165) is 23.2 Å². The number of thiophene rings is 1. The Morgan fingerprint density at radius 1 is 1.19 bits per heavy atom.